The molecule has 1 aromatic rings. The van der Waals surface area contributed by atoms with Gasteiger partial charge in [-0.25, -0.2) is 9.59 Å². The molecule has 0 aliphatic carbocycles. The van der Waals surface area contributed by atoms with Crippen molar-refractivity contribution in [2.75, 3.05) is 24.4 Å². The second kappa shape index (κ2) is 7.93. The fourth-order valence-electron chi connectivity index (χ4n) is 1.95. The molecule has 0 aliphatic heterocycles. The van der Waals surface area contributed by atoms with E-state index in [4.69, 9.17) is 5.11 Å². The molecule has 1 unspecified atom stereocenters. The molecular formula is C15H22N2O3S. The number of carboxylic acids is 1. The van der Waals surface area contributed by atoms with Gasteiger partial charge in [0.15, 0.2) is 0 Å². The van der Waals surface area contributed by atoms with Crippen molar-refractivity contribution >= 4 is 29.4 Å². The van der Waals surface area contributed by atoms with E-state index >= 15 is 0 Å². The third-order valence-corrected chi connectivity index (χ3v) is 4.14. The van der Waals surface area contributed by atoms with E-state index in [0.717, 1.165) is 17.7 Å². The lowest BCUT2D eigenvalue weighted by Gasteiger charge is -2.27. The van der Waals surface area contributed by atoms with Crippen LogP contribution in [0.3, 0.4) is 0 Å². The normalized spacial score (nSPS) is 11.8. The van der Waals surface area contributed by atoms with Crippen molar-refractivity contribution in [1.29, 1.82) is 0 Å². The molecule has 0 bridgehead atoms. The second-order valence-corrected chi connectivity index (χ2v) is 5.80. The monoisotopic (exact) mass is 310 g/mol. The van der Waals surface area contributed by atoms with E-state index in [9.17, 15) is 9.59 Å². The van der Waals surface area contributed by atoms with Gasteiger partial charge in [0.1, 0.15) is 0 Å². The van der Waals surface area contributed by atoms with E-state index in [1.54, 1.807) is 29.8 Å². The Hall–Kier alpha value is -1.69. The summed E-state index contributed by atoms with van der Waals surface area (Å²) in [5.74, 6) is -0.137. The minimum Gasteiger partial charge on any atom is -0.478 e. The van der Waals surface area contributed by atoms with Crippen LogP contribution in [0, 0.1) is 6.92 Å². The lowest BCUT2D eigenvalue weighted by atomic mass is 10.1. The number of nitrogens with one attached hydrogen (secondary N) is 1. The number of hydrogen-bond donors (Lipinski definition) is 2. The third kappa shape index (κ3) is 4.67. The van der Waals surface area contributed by atoms with Crippen LogP contribution in [0.2, 0.25) is 0 Å². The maximum atomic E-state index is 12.3. The largest absolute Gasteiger partial charge is 0.478 e. The maximum absolute atomic E-state index is 12.3. The molecule has 0 saturated heterocycles. The van der Waals surface area contributed by atoms with E-state index < -0.39 is 5.97 Å². The van der Waals surface area contributed by atoms with Gasteiger partial charge in [0.2, 0.25) is 0 Å². The molecule has 21 heavy (non-hydrogen) atoms. The number of rotatable bonds is 6. The number of hydrogen-bond acceptors (Lipinski definition) is 3. The summed E-state index contributed by atoms with van der Waals surface area (Å²) in [4.78, 5) is 24.9. The van der Waals surface area contributed by atoms with E-state index in [-0.39, 0.29) is 17.6 Å². The number of anilines is 1. The standard InChI is InChI=1S/C15H22N2O3S/c1-5-12(9-21-4)17(3)15(20)16-13-8-11(14(18)19)7-6-10(13)2/h6-8,12H,5,9H2,1-4H3,(H,16,20)(H,18,19). The molecule has 116 valence electrons. The van der Waals surface area contributed by atoms with Gasteiger partial charge in [0.25, 0.3) is 0 Å². The number of amides is 2. The zero-order valence-corrected chi connectivity index (χ0v) is 13.7. The van der Waals surface area contributed by atoms with Crippen molar-refractivity contribution in [1.82, 2.24) is 4.90 Å². The van der Waals surface area contributed by atoms with E-state index in [1.165, 1.54) is 12.1 Å². The molecule has 0 heterocycles. The van der Waals surface area contributed by atoms with Crippen molar-refractivity contribution in [2.24, 2.45) is 0 Å². The Morgan fingerprint density at radius 3 is 2.62 bits per heavy atom. The Morgan fingerprint density at radius 1 is 1.43 bits per heavy atom. The lowest BCUT2D eigenvalue weighted by molar-refractivity contribution is 0.0697. The first-order chi connectivity index (χ1) is 9.90. The molecule has 2 amide bonds. The molecule has 0 aliphatic rings. The van der Waals surface area contributed by atoms with Gasteiger partial charge < -0.3 is 15.3 Å². The number of thioether (sulfide) groups is 1. The van der Waals surface area contributed by atoms with Crippen LogP contribution in [0.15, 0.2) is 18.2 Å². The molecule has 0 aromatic heterocycles. The summed E-state index contributed by atoms with van der Waals surface area (Å²) in [5.41, 5.74) is 1.53. The van der Waals surface area contributed by atoms with Crippen LogP contribution in [0.1, 0.15) is 29.3 Å². The number of aryl methyl sites for hydroxylation is 1. The molecule has 1 rings (SSSR count). The second-order valence-electron chi connectivity index (χ2n) is 4.89. The summed E-state index contributed by atoms with van der Waals surface area (Å²) in [6.07, 6.45) is 2.88. The quantitative estimate of drug-likeness (QED) is 0.846. The SMILES string of the molecule is CCC(CSC)N(C)C(=O)Nc1cc(C(=O)O)ccc1C. The summed E-state index contributed by atoms with van der Waals surface area (Å²) in [7, 11) is 1.76. The van der Waals surface area contributed by atoms with Gasteiger partial charge in [0, 0.05) is 24.5 Å². The van der Waals surface area contributed by atoms with Crippen molar-refractivity contribution in [2.45, 2.75) is 26.3 Å². The molecule has 1 atom stereocenters. The maximum Gasteiger partial charge on any atom is 0.335 e. The van der Waals surface area contributed by atoms with Crippen molar-refractivity contribution in [3.05, 3.63) is 29.3 Å². The van der Waals surface area contributed by atoms with Gasteiger partial charge in [-0.1, -0.05) is 13.0 Å². The fraction of sp³-hybridized carbons (Fsp3) is 0.467. The molecule has 0 spiro atoms. The number of carboxylic acid groups (broad SMARTS) is 1. The molecular weight excluding hydrogens is 288 g/mol. The highest BCUT2D eigenvalue weighted by Crippen LogP contribution is 2.18. The molecule has 1 aromatic carbocycles. The van der Waals surface area contributed by atoms with Crippen molar-refractivity contribution in [3.63, 3.8) is 0 Å². The number of aromatic carboxylic acids is 1. The highest BCUT2D eigenvalue weighted by Gasteiger charge is 2.18. The summed E-state index contributed by atoms with van der Waals surface area (Å²) in [6, 6.07) is 4.64. The minimum atomic E-state index is -1.01. The molecule has 2 N–H and O–H groups in total. The van der Waals surface area contributed by atoms with E-state index in [2.05, 4.69) is 5.32 Å². The average molecular weight is 310 g/mol. The average Bonchev–Trinajstić information content (AvgIpc) is 2.45. The van der Waals surface area contributed by atoms with Crippen LogP contribution >= 0.6 is 11.8 Å². The van der Waals surface area contributed by atoms with Gasteiger partial charge in [-0.05, 0) is 37.3 Å². The number of benzene rings is 1. The van der Waals surface area contributed by atoms with Crippen LogP contribution in [-0.2, 0) is 0 Å². The fourth-order valence-corrected chi connectivity index (χ4v) is 2.80. The first-order valence-electron chi connectivity index (χ1n) is 6.77. The summed E-state index contributed by atoms with van der Waals surface area (Å²) >= 11 is 1.70. The smallest absolute Gasteiger partial charge is 0.335 e. The van der Waals surface area contributed by atoms with Crippen LogP contribution in [0.25, 0.3) is 0 Å². The molecule has 5 nitrogen and oxygen atoms in total. The Kier molecular flexibility index (Phi) is 6.55. The Labute approximate surface area is 129 Å². The number of carbonyl (C=O) groups excluding carboxylic acids is 1. The minimum absolute atomic E-state index is 0.156. The van der Waals surface area contributed by atoms with Crippen LogP contribution in [-0.4, -0.2) is 47.1 Å². The third-order valence-electron chi connectivity index (χ3n) is 3.42. The van der Waals surface area contributed by atoms with Gasteiger partial charge in [-0.15, -0.1) is 0 Å². The zero-order valence-electron chi connectivity index (χ0n) is 12.8. The predicted octanol–water partition coefficient (Wildman–Crippen LogP) is 3.30. The highest BCUT2D eigenvalue weighted by molar-refractivity contribution is 7.98. The predicted molar refractivity (Wildman–Crippen MR) is 87.4 cm³/mol. The number of nitrogens with zero attached hydrogens (tertiary/aromatic N) is 1. The molecule has 0 radical (unpaired) electrons. The van der Waals surface area contributed by atoms with Gasteiger partial charge in [0.05, 0.1) is 5.56 Å². The summed E-state index contributed by atoms with van der Waals surface area (Å²) in [6.45, 7) is 3.88. The summed E-state index contributed by atoms with van der Waals surface area (Å²) < 4.78 is 0. The van der Waals surface area contributed by atoms with Crippen molar-refractivity contribution in [3.8, 4) is 0 Å². The first-order valence-corrected chi connectivity index (χ1v) is 8.16. The number of urea groups is 1. The highest BCUT2D eigenvalue weighted by atomic mass is 32.2. The van der Waals surface area contributed by atoms with Crippen LogP contribution in [0.5, 0.6) is 0 Å². The topological polar surface area (TPSA) is 69.6 Å². The Bertz CT molecular complexity index is 520. The van der Waals surface area contributed by atoms with E-state index in [1.807, 2.05) is 20.1 Å². The lowest BCUT2D eigenvalue weighted by Crippen LogP contribution is -2.41. The molecule has 6 heteroatoms. The summed E-state index contributed by atoms with van der Waals surface area (Å²) in [5, 5.41) is 11.8. The Morgan fingerprint density at radius 2 is 2.10 bits per heavy atom. The molecule has 0 saturated carbocycles. The van der Waals surface area contributed by atoms with Gasteiger partial charge >= 0.3 is 12.0 Å². The first kappa shape index (κ1) is 17.4. The molecule has 0 fully saturated rings. The van der Waals surface area contributed by atoms with Crippen LogP contribution in [0.4, 0.5) is 10.5 Å². The number of carbonyl (C=O) groups is 2. The van der Waals surface area contributed by atoms with Gasteiger partial charge in [-0.3, -0.25) is 0 Å². The zero-order chi connectivity index (χ0) is 16.0. The van der Waals surface area contributed by atoms with Gasteiger partial charge in [-0.2, -0.15) is 11.8 Å². The van der Waals surface area contributed by atoms with Crippen LogP contribution < -0.4 is 5.32 Å². The Balaban J connectivity index is 2.87. The van der Waals surface area contributed by atoms with E-state index in [0.29, 0.717) is 5.69 Å². The van der Waals surface area contributed by atoms with Crippen molar-refractivity contribution < 1.29 is 14.7 Å².